The minimum atomic E-state index is -0.800. The van der Waals surface area contributed by atoms with Gasteiger partial charge >= 0.3 is 5.97 Å². The number of aryl methyl sites for hydroxylation is 2. The number of nitrogens with one attached hydrogen (secondary N) is 1. The number of carboxylic acids is 1. The van der Waals surface area contributed by atoms with E-state index in [0.717, 1.165) is 22.0 Å². The van der Waals surface area contributed by atoms with Crippen molar-refractivity contribution < 1.29 is 9.90 Å². The molecule has 0 spiro atoms. The van der Waals surface area contributed by atoms with Gasteiger partial charge in [-0.3, -0.25) is 9.59 Å². The van der Waals surface area contributed by atoms with E-state index in [2.05, 4.69) is 4.98 Å². The minimum Gasteiger partial charge on any atom is -0.481 e. The van der Waals surface area contributed by atoms with E-state index in [1.807, 2.05) is 31.2 Å². The first-order chi connectivity index (χ1) is 8.60. The first-order valence-electron chi connectivity index (χ1n) is 5.97. The van der Waals surface area contributed by atoms with E-state index in [4.69, 9.17) is 5.11 Å². The molecule has 2 rings (SSSR count). The van der Waals surface area contributed by atoms with Crippen LogP contribution >= 0.6 is 0 Å². The van der Waals surface area contributed by atoms with Crippen molar-refractivity contribution >= 4 is 16.9 Å². The Kier molecular flexibility index (Phi) is 3.46. The van der Waals surface area contributed by atoms with E-state index in [1.54, 1.807) is 0 Å². The summed E-state index contributed by atoms with van der Waals surface area (Å²) in [5.41, 5.74) is 2.46. The number of rotatable bonds is 4. The van der Waals surface area contributed by atoms with Crippen molar-refractivity contribution in [3.63, 3.8) is 0 Å². The fraction of sp³-hybridized carbons (Fsp3) is 0.286. The SMILES string of the molecule is CCc1cc2cc(CCC(=O)O)ccc2[nH]c1=O. The minimum absolute atomic E-state index is 0.0525. The molecule has 0 saturated heterocycles. The van der Waals surface area contributed by atoms with Crippen LogP contribution in [-0.2, 0) is 17.6 Å². The van der Waals surface area contributed by atoms with Gasteiger partial charge in [-0.15, -0.1) is 0 Å². The van der Waals surface area contributed by atoms with Crippen molar-refractivity contribution in [3.05, 3.63) is 45.7 Å². The van der Waals surface area contributed by atoms with Crippen LogP contribution in [0.1, 0.15) is 24.5 Å². The molecule has 2 aromatic rings. The summed E-state index contributed by atoms with van der Waals surface area (Å²) in [4.78, 5) is 25.0. The zero-order valence-electron chi connectivity index (χ0n) is 10.2. The normalized spacial score (nSPS) is 10.7. The number of hydrogen-bond acceptors (Lipinski definition) is 2. The summed E-state index contributed by atoms with van der Waals surface area (Å²) in [5, 5.41) is 9.61. The van der Waals surface area contributed by atoms with E-state index < -0.39 is 5.97 Å². The predicted octanol–water partition coefficient (Wildman–Crippen LogP) is 2.11. The second-order valence-electron chi connectivity index (χ2n) is 4.29. The quantitative estimate of drug-likeness (QED) is 0.866. The van der Waals surface area contributed by atoms with Gasteiger partial charge in [-0.25, -0.2) is 0 Å². The third-order valence-electron chi connectivity index (χ3n) is 2.99. The van der Waals surface area contributed by atoms with Crippen molar-refractivity contribution in [2.75, 3.05) is 0 Å². The van der Waals surface area contributed by atoms with E-state index in [1.165, 1.54) is 0 Å². The molecule has 2 N–H and O–H groups in total. The molecule has 1 aromatic heterocycles. The molecule has 0 aliphatic carbocycles. The molecule has 0 aliphatic rings. The molecule has 1 heterocycles. The van der Waals surface area contributed by atoms with Gasteiger partial charge in [-0.05, 0) is 42.0 Å². The first kappa shape index (κ1) is 12.4. The number of H-pyrrole nitrogens is 1. The molecule has 0 unspecified atom stereocenters. The van der Waals surface area contributed by atoms with Gasteiger partial charge in [0.15, 0.2) is 0 Å². The molecular formula is C14H15NO3. The Hall–Kier alpha value is -2.10. The number of hydrogen-bond donors (Lipinski definition) is 2. The van der Waals surface area contributed by atoms with Crippen LogP contribution in [0.4, 0.5) is 0 Å². The van der Waals surface area contributed by atoms with Gasteiger partial charge < -0.3 is 10.1 Å². The van der Waals surface area contributed by atoms with Crippen molar-refractivity contribution in [2.45, 2.75) is 26.2 Å². The summed E-state index contributed by atoms with van der Waals surface area (Å²) in [6, 6.07) is 7.49. The molecule has 4 heteroatoms. The molecule has 1 aromatic carbocycles. The van der Waals surface area contributed by atoms with Crippen molar-refractivity contribution in [2.24, 2.45) is 0 Å². The van der Waals surface area contributed by atoms with Crippen LogP contribution in [0.15, 0.2) is 29.1 Å². The summed E-state index contributed by atoms with van der Waals surface area (Å²) < 4.78 is 0. The molecule has 0 radical (unpaired) electrons. The lowest BCUT2D eigenvalue weighted by atomic mass is 10.0. The molecule has 18 heavy (non-hydrogen) atoms. The number of pyridine rings is 1. The molecule has 0 fully saturated rings. The second kappa shape index (κ2) is 5.04. The number of fused-ring (bicyclic) bond motifs is 1. The number of aromatic nitrogens is 1. The molecule has 0 aliphatic heterocycles. The number of carboxylic acid groups (broad SMARTS) is 1. The molecular weight excluding hydrogens is 230 g/mol. The Morgan fingerprint density at radius 1 is 1.33 bits per heavy atom. The molecule has 0 amide bonds. The zero-order valence-corrected chi connectivity index (χ0v) is 10.2. The largest absolute Gasteiger partial charge is 0.481 e. The fourth-order valence-electron chi connectivity index (χ4n) is 1.97. The Balaban J connectivity index is 2.40. The predicted molar refractivity (Wildman–Crippen MR) is 69.9 cm³/mol. The highest BCUT2D eigenvalue weighted by Gasteiger charge is 2.03. The van der Waals surface area contributed by atoms with E-state index >= 15 is 0 Å². The molecule has 94 valence electrons. The summed E-state index contributed by atoms with van der Waals surface area (Å²) in [5.74, 6) is -0.800. The van der Waals surface area contributed by atoms with Gasteiger partial charge in [0.2, 0.25) is 0 Å². The fourth-order valence-corrected chi connectivity index (χ4v) is 1.97. The van der Waals surface area contributed by atoms with Crippen molar-refractivity contribution in [3.8, 4) is 0 Å². The Bertz CT molecular complexity index is 643. The van der Waals surface area contributed by atoms with E-state index in [9.17, 15) is 9.59 Å². The van der Waals surface area contributed by atoms with Crippen LogP contribution in [0.5, 0.6) is 0 Å². The van der Waals surface area contributed by atoms with E-state index in [0.29, 0.717) is 12.8 Å². The van der Waals surface area contributed by atoms with Gasteiger partial charge in [0.05, 0.1) is 0 Å². The number of carbonyl (C=O) groups is 1. The molecule has 0 atom stereocenters. The van der Waals surface area contributed by atoms with Crippen molar-refractivity contribution in [1.29, 1.82) is 0 Å². The maximum atomic E-state index is 11.6. The molecule has 0 bridgehead atoms. The van der Waals surface area contributed by atoms with Gasteiger partial charge in [0, 0.05) is 17.5 Å². The zero-order chi connectivity index (χ0) is 13.1. The standard InChI is InChI=1S/C14H15NO3/c1-2-10-8-11-7-9(4-6-13(16)17)3-5-12(11)15-14(10)18/h3,5,7-8H,2,4,6H2,1H3,(H,15,18)(H,16,17). The lowest BCUT2D eigenvalue weighted by Crippen LogP contribution is -2.11. The van der Waals surface area contributed by atoms with Gasteiger partial charge in [-0.2, -0.15) is 0 Å². The topological polar surface area (TPSA) is 70.2 Å². The Morgan fingerprint density at radius 3 is 2.78 bits per heavy atom. The lowest BCUT2D eigenvalue weighted by molar-refractivity contribution is -0.136. The number of aliphatic carboxylic acids is 1. The van der Waals surface area contributed by atoms with Gasteiger partial charge in [0.25, 0.3) is 5.56 Å². The smallest absolute Gasteiger partial charge is 0.303 e. The van der Waals surface area contributed by atoms with Crippen LogP contribution in [0.25, 0.3) is 10.9 Å². The summed E-state index contributed by atoms with van der Waals surface area (Å²) in [7, 11) is 0. The first-order valence-corrected chi connectivity index (χ1v) is 5.97. The van der Waals surface area contributed by atoms with Crippen LogP contribution in [-0.4, -0.2) is 16.1 Å². The van der Waals surface area contributed by atoms with Gasteiger partial charge in [0.1, 0.15) is 0 Å². The maximum absolute atomic E-state index is 11.6. The van der Waals surface area contributed by atoms with Crippen LogP contribution in [0.2, 0.25) is 0 Å². The van der Waals surface area contributed by atoms with Crippen molar-refractivity contribution in [1.82, 2.24) is 4.98 Å². The van der Waals surface area contributed by atoms with Crippen LogP contribution < -0.4 is 5.56 Å². The molecule has 0 saturated carbocycles. The van der Waals surface area contributed by atoms with Crippen LogP contribution in [0, 0.1) is 0 Å². The van der Waals surface area contributed by atoms with Crippen LogP contribution in [0.3, 0.4) is 0 Å². The second-order valence-corrected chi connectivity index (χ2v) is 4.29. The number of benzene rings is 1. The average Bonchev–Trinajstić information content (AvgIpc) is 2.35. The lowest BCUT2D eigenvalue weighted by Gasteiger charge is -2.04. The monoisotopic (exact) mass is 245 g/mol. The number of aromatic amines is 1. The van der Waals surface area contributed by atoms with E-state index in [-0.39, 0.29) is 12.0 Å². The average molecular weight is 245 g/mol. The molecule has 4 nitrogen and oxygen atoms in total. The Labute approximate surface area is 104 Å². The summed E-state index contributed by atoms with van der Waals surface area (Å²) in [6.07, 6.45) is 1.31. The highest BCUT2D eigenvalue weighted by molar-refractivity contribution is 5.80. The summed E-state index contributed by atoms with van der Waals surface area (Å²) >= 11 is 0. The highest BCUT2D eigenvalue weighted by atomic mass is 16.4. The van der Waals surface area contributed by atoms with Gasteiger partial charge in [-0.1, -0.05) is 13.0 Å². The highest BCUT2D eigenvalue weighted by Crippen LogP contribution is 2.15. The maximum Gasteiger partial charge on any atom is 0.303 e. The summed E-state index contributed by atoms with van der Waals surface area (Å²) in [6.45, 7) is 1.94. The third kappa shape index (κ3) is 2.59. The Morgan fingerprint density at radius 2 is 2.11 bits per heavy atom. The third-order valence-corrected chi connectivity index (χ3v) is 2.99.